The van der Waals surface area contributed by atoms with Gasteiger partial charge >= 0.3 is 12.0 Å². The summed E-state index contributed by atoms with van der Waals surface area (Å²) < 4.78 is 0. The molecule has 0 radical (unpaired) electrons. The van der Waals surface area contributed by atoms with Crippen LogP contribution in [-0.4, -0.2) is 29.7 Å². The second-order valence-corrected chi connectivity index (χ2v) is 5.31. The van der Waals surface area contributed by atoms with Crippen LogP contribution in [0, 0.1) is 5.41 Å². The number of carbonyl (C=O) groups excluding carboxylic acids is 1. The molecule has 1 atom stereocenters. The predicted molar refractivity (Wildman–Crippen MR) is 69.4 cm³/mol. The van der Waals surface area contributed by atoms with E-state index in [4.69, 9.17) is 5.11 Å². The molecule has 1 rings (SSSR count). The van der Waals surface area contributed by atoms with Gasteiger partial charge in [0.05, 0.1) is 5.41 Å². The van der Waals surface area contributed by atoms with Crippen molar-refractivity contribution in [3.63, 3.8) is 0 Å². The van der Waals surface area contributed by atoms with Gasteiger partial charge in [-0.2, -0.15) is 0 Å². The minimum Gasteiger partial charge on any atom is -0.481 e. The zero-order chi connectivity index (χ0) is 13.6. The maximum atomic E-state index is 11.6. The number of nitrogens with one attached hydrogen (secondary N) is 2. The van der Waals surface area contributed by atoms with Crippen molar-refractivity contribution in [1.82, 2.24) is 10.6 Å². The summed E-state index contributed by atoms with van der Waals surface area (Å²) in [6.45, 7) is 4.35. The van der Waals surface area contributed by atoms with E-state index in [-0.39, 0.29) is 18.6 Å². The first-order valence-electron chi connectivity index (χ1n) is 6.78. The lowest BCUT2D eigenvalue weighted by molar-refractivity contribution is -0.143. The van der Waals surface area contributed by atoms with E-state index in [1.54, 1.807) is 0 Å². The number of hydrogen-bond donors (Lipinski definition) is 3. The summed E-state index contributed by atoms with van der Waals surface area (Å²) >= 11 is 0. The summed E-state index contributed by atoms with van der Waals surface area (Å²) in [4.78, 5) is 22.5. The zero-order valence-corrected chi connectivity index (χ0v) is 11.3. The van der Waals surface area contributed by atoms with Crippen molar-refractivity contribution in [1.29, 1.82) is 0 Å². The standard InChI is InChI=1S/C13H24N2O3/c1-3-4-5-6-10(2)15-12(18)14-9-13(7-8-13)11(16)17/h10H,3-9H2,1-2H3,(H,16,17)(H2,14,15,18). The number of aliphatic carboxylic acids is 1. The molecule has 0 spiro atoms. The molecule has 1 aliphatic rings. The fraction of sp³-hybridized carbons (Fsp3) is 0.846. The van der Waals surface area contributed by atoms with Gasteiger partial charge in [0.2, 0.25) is 0 Å². The van der Waals surface area contributed by atoms with Crippen LogP contribution in [0.2, 0.25) is 0 Å². The Morgan fingerprint density at radius 3 is 2.50 bits per heavy atom. The smallest absolute Gasteiger partial charge is 0.315 e. The van der Waals surface area contributed by atoms with Gasteiger partial charge in [-0.3, -0.25) is 4.79 Å². The van der Waals surface area contributed by atoms with Gasteiger partial charge in [-0.25, -0.2) is 4.79 Å². The van der Waals surface area contributed by atoms with Crippen molar-refractivity contribution in [3.05, 3.63) is 0 Å². The van der Waals surface area contributed by atoms with E-state index < -0.39 is 11.4 Å². The third-order valence-electron chi connectivity index (χ3n) is 3.51. The van der Waals surface area contributed by atoms with Crippen LogP contribution in [0.15, 0.2) is 0 Å². The van der Waals surface area contributed by atoms with Crippen molar-refractivity contribution in [3.8, 4) is 0 Å². The number of carboxylic acid groups (broad SMARTS) is 1. The van der Waals surface area contributed by atoms with Gasteiger partial charge in [0.15, 0.2) is 0 Å². The van der Waals surface area contributed by atoms with E-state index in [2.05, 4.69) is 17.6 Å². The number of hydrogen-bond acceptors (Lipinski definition) is 2. The summed E-state index contributed by atoms with van der Waals surface area (Å²) in [5, 5.41) is 14.5. The highest BCUT2D eigenvalue weighted by Crippen LogP contribution is 2.45. The molecule has 2 amide bonds. The van der Waals surface area contributed by atoms with Crippen LogP contribution in [0.1, 0.15) is 52.4 Å². The molecule has 0 saturated heterocycles. The SMILES string of the molecule is CCCCCC(C)NC(=O)NCC1(C(=O)O)CC1. The van der Waals surface area contributed by atoms with Gasteiger partial charge in [-0.05, 0) is 26.2 Å². The van der Waals surface area contributed by atoms with Crippen LogP contribution in [0.25, 0.3) is 0 Å². The van der Waals surface area contributed by atoms with Gasteiger partial charge in [0, 0.05) is 12.6 Å². The maximum absolute atomic E-state index is 11.6. The molecule has 1 saturated carbocycles. The summed E-state index contributed by atoms with van der Waals surface area (Å²) in [6, 6.07) is -0.122. The second-order valence-electron chi connectivity index (χ2n) is 5.31. The zero-order valence-electron chi connectivity index (χ0n) is 11.3. The Morgan fingerprint density at radius 1 is 1.33 bits per heavy atom. The molecule has 1 fully saturated rings. The molecule has 1 unspecified atom stereocenters. The van der Waals surface area contributed by atoms with Gasteiger partial charge in [-0.1, -0.05) is 26.2 Å². The average Bonchev–Trinajstić information content (AvgIpc) is 3.08. The highest BCUT2D eigenvalue weighted by atomic mass is 16.4. The third kappa shape index (κ3) is 4.55. The van der Waals surface area contributed by atoms with Gasteiger partial charge in [-0.15, -0.1) is 0 Å². The monoisotopic (exact) mass is 256 g/mol. The van der Waals surface area contributed by atoms with Crippen molar-refractivity contribution >= 4 is 12.0 Å². The topological polar surface area (TPSA) is 78.4 Å². The summed E-state index contributed by atoms with van der Waals surface area (Å²) in [6.07, 6.45) is 5.74. The minimum absolute atomic E-state index is 0.136. The maximum Gasteiger partial charge on any atom is 0.315 e. The molecular formula is C13H24N2O3. The highest BCUT2D eigenvalue weighted by molar-refractivity contribution is 5.80. The molecule has 104 valence electrons. The summed E-state index contributed by atoms with van der Waals surface area (Å²) in [5.41, 5.74) is -0.692. The molecule has 1 aliphatic carbocycles. The molecule has 3 N–H and O–H groups in total. The van der Waals surface area contributed by atoms with Crippen molar-refractivity contribution in [2.45, 2.75) is 58.4 Å². The van der Waals surface area contributed by atoms with Crippen LogP contribution >= 0.6 is 0 Å². The second kappa shape index (κ2) is 6.61. The molecule has 0 aliphatic heterocycles. The molecule has 0 aromatic heterocycles. The van der Waals surface area contributed by atoms with Gasteiger partial charge < -0.3 is 15.7 Å². The molecular weight excluding hydrogens is 232 g/mol. The van der Waals surface area contributed by atoms with Crippen molar-refractivity contribution in [2.24, 2.45) is 5.41 Å². The van der Waals surface area contributed by atoms with Crippen LogP contribution in [0.4, 0.5) is 4.79 Å². The van der Waals surface area contributed by atoms with Crippen molar-refractivity contribution < 1.29 is 14.7 Å². The normalized spacial score (nSPS) is 17.9. The summed E-state index contributed by atoms with van der Waals surface area (Å²) in [5.74, 6) is -0.807. The molecule has 18 heavy (non-hydrogen) atoms. The Balaban J connectivity index is 2.15. The Bertz CT molecular complexity index is 301. The lowest BCUT2D eigenvalue weighted by atomic mass is 10.1. The number of carbonyl (C=O) groups is 2. The Morgan fingerprint density at radius 2 is 2.00 bits per heavy atom. The van der Waals surface area contributed by atoms with Crippen LogP contribution in [0.3, 0.4) is 0 Å². The number of urea groups is 1. The minimum atomic E-state index is -0.807. The Labute approximate surface area is 108 Å². The molecule has 5 nitrogen and oxygen atoms in total. The fourth-order valence-electron chi connectivity index (χ4n) is 1.91. The van der Waals surface area contributed by atoms with E-state index in [0.717, 1.165) is 12.8 Å². The largest absolute Gasteiger partial charge is 0.481 e. The van der Waals surface area contributed by atoms with Gasteiger partial charge in [0.25, 0.3) is 0 Å². The van der Waals surface area contributed by atoms with E-state index in [0.29, 0.717) is 12.8 Å². The van der Waals surface area contributed by atoms with E-state index >= 15 is 0 Å². The fourth-order valence-corrected chi connectivity index (χ4v) is 1.91. The first-order valence-corrected chi connectivity index (χ1v) is 6.78. The van der Waals surface area contributed by atoms with Crippen molar-refractivity contribution in [2.75, 3.05) is 6.54 Å². The van der Waals surface area contributed by atoms with Crippen LogP contribution in [-0.2, 0) is 4.79 Å². The quantitative estimate of drug-likeness (QED) is 0.582. The lowest BCUT2D eigenvalue weighted by Crippen LogP contribution is -2.44. The van der Waals surface area contributed by atoms with Crippen LogP contribution < -0.4 is 10.6 Å². The first-order chi connectivity index (χ1) is 8.50. The summed E-state index contributed by atoms with van der Waals surface area (Å²) in [7, 11) is 0. The lowest BCUT2D eigenvalue weighted by Gasteiger charge is -2.16. The molecule has 0 aromatic carbocycles. The molecule has 0 bridgehead atoms. The Kier molecular flexibility index (Phi) is 5.44. The van der Waals surface area contributed by atoms with Crippen LogP contribution in [0.5, 0.6) is 0 Å². The molecule has 5 heteroatoms. The number of amides is 2. The Hall–Kier alpha value is -1.26. The number of carboxylic acids is 1. The third-order valence-corrected chi connectivity index (χ3v) is 3.51. The van der Waals surface area contributed by atoms with E-state index in [1.165, 1.54) is 12.8 Å². The molecule has 0 aromatic rings. The number of unbranched alkanes of at least 4 members (excludes halogenated alkanes) is 2. The van der Waals surface area contributed by atoms with E-state index in [9.17, 15) is 9.59 Å². The number of rotatable bonds is 8. The highest BCUT2D eigenvalue weighted by Gasteiger charge is 2.50. The average molecular weight is 256 g/mol. The first kappa shape index (κ1) is 14.8. The van der Waals surface area contributed by atoms with Gasteiger partial charge in [0.1, 0.15) is 0 Å². The predicted octanol–water partition coefficient (Wildman–Crippen LogP) is 2.12. The van der Waals surface area contributed by atoms with E-state index in [1.807, 2.05) is 6.92 Å². The molecule has 0 heterocycles.